The average Bonchev–Trinajstić information content (AvgIpc) is 2.83. The van der Waals surface area contributed by atoms with Gasteiger partial charge in [-0.3, -0.25) is 4.79 Å². The lowest BCUT2D eigenvalue weighted by Gasteiger charge is -2.16. The van der Waals surface area contributed by atoms with Crippen molar-refractivity contribution in [1.82, 2.24) is 15.0 Å². The summed E-state index contributed by atoms with van der Waals surface area (Å²) < 4.78 is 41.7. The van der Waals surface area contributed by atoms with Crippen molar-refractivity contribution in [2.45, 2.75) is 6.92 Å². The van der Waals surface area contributed by atoms with E-state index >= 15 is 0 Å². The van der Waals surface area contributed by atoms with Crippen molar-refractivity contribution in [2.24, 2.45) is 0 Å². The summed E-state index contributed by atoms with van der Waals surface area (Å²) in [5.41, 5.74) is 7.31. The molecule has 4 N–H and O–H groups in total. The predicted octanol–water partition coefficient (Wildman–Crippen LogP) is 5.48. The van der Waals surface area contributed by atoms with E-state index in [2.05, 4.69) is 25.6 Å². The fourth-order valence-corrected chi connectivity index (χ4v) is 3.88. The van der Waals surface area contributed by atoms with E-state index in [1.807, 2.05) is 6.92 Å². The number of hydrogen-bond donors (Lipinski definition) is 3. The number of aryl methyl sites for hydroxylation is 1. The molecule has 0 spiro atoms. The van der Waals surface area contributed by atoms with Crippen LogP contribution in [-0.4, -0.2) is 20.9 Å². The second-order valence-electron chi connectivity index (χ2n) is 7.80. The molecule has 5 aromatic rings. The van der Waals surface area contributed by atoms with E-state index in [9.17, 15) is 18.0 Å². The molecule has 174 valence electrons. The Morgan fingerprint density at radius 3 is 2.43 bits per heavy atom. The van der Waals surface area contributed by atoms with Crippen LogP contribution < -0.4 is 16.4 Å². The fraction of sp³-hybridized carbons (Fsp3) is 0.0400. The maximum atomic E-state index is 14.2. The lowest BCUT2D eigenvalue weighted by Crippen LogP contribution is -2.14. The highest BCUT2D eigenvalue weighted by atomic mass is 19.1. The number of nitrogens with zero attached hydrogens (tertiary/aromatic N) is 3. The van der Waals surface area contributed by atoms with Crippen molar-refractivity contribution in [3.63, 3.8) is 0 Å². The van der Waals surface area contributed by atoms with Crippen LogP contribution >= 0.6 is 0 Å². The number of benzene rings is 3. The Morgan fingerprint density at radius 1 is 0.886 bits per heavy atom. The lowest BCUT2D eigenvalue weighted by atomic mass is 10.0. The highest BCUT2D eigenvalue weighted by Gasteiger charge is 2.18. The molecule has 0 aliphatic carbocycles. The molecule has 0 unspecified atom stereocenters. The molecule has 3 aromatic carbocycles. The number of fused-ring (bicyclic) bond motifs is 2. The molecule has 0 saturated carbocycles. The summed E-state index contributed by atoms with van der Waals surface area (Å²) in [6.07, 6.45) is 2.72. The quantitative estimate of drug-likeness (QED) is 0.318. The molecule has 0 saturated heterocycles. The van der Waals surface area contributed by atoms with Crippen molar-refractivity contribution in [3.05, 3.63) is 89.6 Å². The third-order valence-electron chi connectivity index (χ3n) is 5.58. The zero-order chi connectivity index (χ0) is 24.7. The number of nitrogens with two attached hydrogens (primary N) is 1. The largest absolute Gasteiger partial charge is 0.383 e. The Balaban J connectivity index is 1.57. The van der Waals surface area contributed by atoms with E-state index in [1.54, 1.807) is 36.4 Å². The highest BCUT2D eigenvalue weighted by Crippen LogP contribution is 2.34. The van der Waals surface area contributed by atoms with Crippen LogP contribution in [0.1, 0.15) is 15.9 Å². The maximum Gasteiger partial charge on any atom is 0.257 e. The van der Waals surface area contributed by atoms with Gasteiger partial charge < -0.3 is 16.4 Å². The molecular weight excluding hydrogens is 457 g/mol. The monoisotopic (exact) mass is 474 g/mol. The molecule has 0 atom stereocenters. The molecule has 10 heteroatoms. The standard InChI is InChI=1S/C25H17F3N6O/c1-12-5-6-15-14(7-8-30-24(15)33-22-18(27)9-13(26)10-19(22)28)20(12)34-25(35)17-4-2-3-16-21(17)31-11-32-23(16)29/h2-11H,1H3,(H,30,33)(H,34,35)(H2,29,31,32). The van der Waals surface area contributed by atoms with Gasteiger partial charge in [0, 0.05) is 34.5 Å². The third kappa shape index (κ3) is 3.95. The van der Waals surface area contributed by atoms with E-state index in [1.165, 1.54) is 12.5 Å². The number of pyridine rings is 1. The molecule has 5 rings (SSSR count). The predicted molar refractivity (Wildman–Crippen MR) is 128 cm³/mol. The Hall–Kier alpha value is -4.73. The van der Waals surface area contributed by atoms with Crippen molar-refractivity contribution in [2.75, 3.05) is 16.4 Å². The zero-order valence-electron chi connectivity index (χ0n) is 18.2. The van der Waals surface area contributed by atoms with Crippen LogP contribution in [0.3, 0.4) is 0 Å². The number of nitrogens with one attached hydrogen (secondary N) is 2. The van der Waals surface area contributed by atoms with Crippen LogP contribution in [0.5, 0.6) is 0 Å². The van der Waals surface area contributed by atoms with E-state index in [-0.39, 0.29) is 11.6 Å². The molecule has 35 heavy (non-hydrogen) atoms. The summed E-state index contributed by atoms with van der Waals surface area (Å²) in [6.45, 7) is 1.81. The number of hydrogen-bond acceptors (Lipinski definition) is 6. The molecule has 0 aliphatic rings. The van der Waals surface area contributed by atoms with Gasteiger partial charge in [0.05, 0.1) is 16.8 Å². The van der Waals surface area contributed by atoms with Gasteiger partial charge in [0.2, 0.25) is 0 Å². The number of carbonyl (C=O) groups is 1. The SMILES string of the molecule is Cc1ccc2c(Nc3c(F)cc(F)cc3F)nccc2c1NC(=O)c1cccc2c(N)ncnc12. The number of aromatic nitrogens is 3. The summed E-state index contributed by atoms with van der Waals surface area (Å²) in [5.74, 6) is -3.26. The minimum absolute atomic E-state index is 0.132. The van der Waals surface area contributed by atoms with Crippen LogP contribution in [-0.2, 0) is 0 Å². The number of rotatable bonds is 4. The summed E-state index contributed by atoms with van der Waals surface area (Å²) in [5, 5.41) is 7.12. The summed E-state index contributed by atoms with van der Waals surface area (Å²) >= 11 is 0. The Morgan fingerprint density at radius 2 is 1.66 bits per heavy atom. The van der Waals surface area contributed by atoms with Crippen molar-refractivity contribution >= 4 is 50.6 Å². The first kappa shape index (κ1) is 22.1. The number of halogens is 3. The van der Waals surface area contributed by atoms with Crippen LogP contribution in [0.2, 0.25) is 0 Å². The van der Waals surface area contributed by atoms with Crippen LogP contribution in [0.25, 0.3) is 21.7 Å². The normalized spacial score (nSPS) is 11.1. The van der Waals surface area contributed by atoms with Gasteiger partial charge in [-0.15, -0.1) is 0 Å². The van der Waals surface area contributed by atoms with Crippen LogP contribution in [0.15, 0.2) is 61.1 Å². The van der Waals surface area contributed by atoms with E-state index in [0.717, 1.165) is 5.56 Å². The highest BCUT2D eigenvalue weighted by molar-refractivity contribution is 6.16. The lowest BCUT2D eigenvalue weighted by molar-refractivity contribution is 0.102. The van der Waals surface area contributed by atoms with Crippen LogP contribution in [0, 0.1) is 24.4 Å². The zero-order valence-corrected chi connectivity index (χ0v) is 18.2. The first-order valence-corrected chi connectivity index (χ1v) is 10.4. The first-order valence-electron chi connectivity index (χ1n) is 10.4. The van der Waals surface area contributed by atoms with E-state index in [4.69, 9.17) is 5.73 Å². The Kier molecular flexibility index (Phi) is 5.40. The molecule has 7 nitrogen and oxygen atoms in total. The number of anilines is 4. The van der Waals surface area contributed by atoms with Crippen molar-refractivity contribution < 1.29 is 18.0 Å². The van der Waals surface area contributed by atoms with Gasteiger partial charge in [0.25, 0.3) is 5.91 Å². The number of nitrogen functional groups attached to an aromatic ring is 1. The van der Waals surface area contributed by atoms with Gasteiger partial charge in [0.1, 0.15) is 29.5 Å². The first-order chi connectivity index (χ1) is 16.8. The molecule has 0 aliphatic heterocycles. The molecule has 2 heterocycles. The Labute approximate surface area is 196 Å². The van der Waals surface area contributed by atoms with Crippen LogP contribution in [0.4, 0.5) is 36.2 Å². The number of para-hydroxylation sites is 1. The molecule has 0 radical (unpaired) electrons. The summed E-state index contributed by atoms with van der Waals surface area (Å²) in [7, 11) is 0. The summed E-state index contributed by atoms with van der Waals surface area (Å²) in [4.78, 5) is 25.6. The third-order valence-corrected chi connectivity index (χ3v) is 5.58. The smallest absolute Gasteiger partial charge is 0.257 e. The molecule has 0 fully saturated rings. The van der Waals surface area contributed by atoms with Gasteiger partial charge >= 0.3 is 0 Å². The fourth-order valence-electron chi connectivity index (χ4n) is 3.88. The van der Waals surface area contributed by atoms with Gasteiger partial charge in [-0.25, -0.2) is 28.1 Å². The van der Waals surface area contributed by atoms with Crippen molar-refractivity contribution in [3.8, 4) is 0 Å². The van der Waals surface area contributed by atoms with E-state index < -0.39 is 29.0 Å². The maximum absolute atomic E-state index is 14.2. The molecule has 0 bridgehead atoms. The minimum Gasteiger partial charge on any atom is -0.383 e. The van der Waals surface area contributed by atoms with Gasteiger partial charge in [-0.2, -0.15) is 0 Å². The van der Waals surface area contributed by atoms with Gasteiger partial charge in [-0.05, 0) is 30.7 Å². The molecule has 1 amide bonds. The van der Waals surface area contributed by atoms with E-state index in [0.29, 0.717) is 45.1 Å². The molecule has 2 aromatic heterocycles. The second-order valence-corrected chi connectivity index (χ2v) is 7.80. The van der Waals surface area contributed by atoms with Gasteiger partial charge in [0.15, 0.2) is 11.6 Å². The average molecular weight is 474 g/mol. The topological polar surface area (TPSA) is 106 Å². The minimum atomic E-state index is -1.10. The molecular formula is C25H17F3N6O. The Bertz CT molecular complexity index is 1620. The summed E-state index contributed by atoms with van der Waals surface area (Å²) in [6, 6.07) is 11.3. The van der Waals surface area contributed by atoms with Gasteiger partial charge in [-0.1, -0.05) is 18.2 Å². The van der Waals surface area contributed by atoms with Crippen molar-refractivity contribution in [1.29, 1.82) is 0 Å². The number of carbonyl (C=O) groups excluding carboxylic acids is 1. The second kappa shape index (κ2) is 8.56. The number of amides is 1.